The van der Waals surface area contributed by atoms with E-state index in [1.165, 1.54) is 6.07 Å². The lowest BCUT2D eigenvalue weighted by Gasteiger charge is -2.34. The summed E-state index contributed by atoms with van der Waals surface area (Å²) in [6, 6.07) is 10.1. The maximum absolute atomic E-state index is 13.0. The minimum atomic E-state index is -4.61. The zero-order valence-corrected chi connectivity index (χ0v) is 17.5. The third kappa shape index (κ3) is 5.89. The van der Waals surface area contributed by atoms with Gasteiger partial charge in [0.15, 0.2) is 0 Å². The summed E-state index contributed by atoms with van der Waals surface area (Å²) in [5, 5.41) is 2.04. The molecule has 0 aromatic heterocycles. The number of halogens is 4. The molecule has 0 unspecified atom stereocenters. The van der Waals surface area contributed by atoms with Gasteiger partial charge in [0.1, 0.15) is 5.75 Å². The summed E-state index contributed by atoms with van der Waals surface area (Å²) in [6.07, 6.45) is -4.61. The van der Waals surface area contributed by atoms with Gasteiger partial charge < -0.3 is 15.0 Å². The second-order valence-electron chi connectivity index (χ2n) is 7.04. The number of hydrogen-bond acceptors (Lipinski definition) is 4. The number of methoxy groups -OCH3 is 1. The van der Waals surface area contributed by atoms with Gasteiger partial charge in [0, 0.05) is 37.4 Å². The van der Waals surface area contributed by atoms with E-state index in [2.05, 4.69) is 5.32 Å². The molecule has 166 valence electrons. The lowest BCUT2D eigenvalue weighted by Crippen LogP contribution is -2.50. The highest BCUT2D eigenvalue weighted by atomic mass is 35.5. The van der Waals surface area contributed by atoms with E-state index < -0.39 is 22.7 Å². The van der Waals surface area contributed by atoms with Crippen LogP contribution in [0.5, 0.6) is 5.75 Å². The first-order valence-electron chi connectivity index (χ1n) is 9.49. The average Bonchev–Trinajstić information content (AvgIpc) is 2.74. The third-order valence-electron chi connectivity index (χ3n) is 4.92. The van der Waals surface area contributed by atoms with E-state index in [9.17, 15) is 22.8 Å². The summed E-state index contributed by atoms with van der Waals surface area (Å²) in [4.78, 5) is 28.4. The lowest BCUT2D eigenvalue weighted by molar-refractivity contribution is -0.137. The molecule has 6 nitrogen and oxygen atoms in total. The highest BCUT2D eigenvalue weighted by Gasteiger charge is 2.33. The topological polar surface area (TPSA) is 61.9 Å². The van der Waals surface area contributed by atoms with Crippen molar-refractivity contribution in [2.75, 3.05) is 45.2 Å². The molecule has 3 rings (SSSR count). The molecule has 0 aliphatic carbocycles. The van der Waals surface area contributed by atoms with Crippen LogP contribution in [0.4, 0.5) is 18.9 Å². The molecule has 2 aromatic carbocycles. The second-order valence-corrected chi connectivity index (χ2v) is 7.44. The predicted octanol–water partition coefficient (Wildman–Crippen LogP) is 3.76. The van der Waals surface area contributed by atoms with Gasteiger partial charge in [0.05, 0.1) is 24.2 Å². The summed E-state index contributed by atoms with van der Waals surface area (Å²) in [5.74, 6) is 0.119. The molecule has 10 heteroatoms. The number of hydrogen-bond donors (Lipinski definition) is 1. The van der Waals surface area contributed by atoms with Crippen LogP contribution in [0.1, 0.15) is 15.9 Å². The molecular formula is C21H21ClF3N3O3. The Kier molecular flexibility index (Phi) is 7.07. The Labute approximate surface area is 182 Å². The van der Waals surface area contributed by atoms with Crippen molar-refractivity contribution in [1.82, 2.24) is 9.80 Å². The van der Waals surface area contributed by atoms with Crippen LogP contribution in [0.25, 0.3) is 0 Å². The number of nitrogens with one attached hydrogen (secondary N) is 1. The van der Waals surface area contributed by atoms with Crippen molar-refractivity contribution in [3.8, 4) is 5.75 Å². The molecule has 1 aliphatic rings. The first kappa shape index (κ1) is 22.9. The van der Waals surface area contributed by atoms with E-state index in [1.54, 1.807) is 36.3 Å². The first-order chi connectivity index (χ1) is 14.7. The Morgan fingerprint density at radius 1 is 1.06 bits per heavy atom. The molecule has 1 saturated heterocycles. The number of piperazine rings is 1. The van der Waals surface area contributed by atoms with E-state index in [0.717, 1.165) is 12.1 Å². The smallest absolute Gasteiger partial charge is 0.417 e. The molecule has 2 aromatic rings. The number of alkyl halides is 3. The fraction of sp³-hybridized carbons (Fsp3) is 0.333. The minimum absolute atomic E-state index is 0.00848. The van der Waals surface area contributed by atoms with Crippen LogP contribution in [0.2, 0.25) is 5.02 Å². The quantitative estimate of drug-likeness (QED) is 0.745. The molecule has 1 heterocycles. The van der Waals surface area contributed by atoms with Gasteiger partial charge in [-0.3, -0.25) is 14.5 Å². The monoisotopic (exact) mass is 455 g/mol. The number of nitrogens with zero attached hydrogens (tertiary/aromatic N) is 2. The standard InChI is InChI=1S/C21H21ClF3N3O3/c1-31-16-5-2-14(3-6-16)20(30)28-10-8-27(9-11-28)13-19(29)26-15-4-7-18(22)17(12-15)21(23,24)25/h2-7,12H,8-11,13H2,1H3,(H,26,29). The lowest BCUT2D eigenvalue weighted by atomic mass is 10.1. The first-order valence-corrected chi connectivity index (χ1v) is 9.87. The van der Waals surface area contributed by atoms with Gasteiger partial charge in [-0.2, -0.15) is 13.2 Å². The zero-order chi connectivity index (χ0) is 22.6. The molecule has 1 N–H and O–H groups in total. The number of anilines is 1. The maximum atomic E-state index is 13.0. The van der Waals surface area contributed by atoms with Crippen molar-refractivity contribution >= 4 is 29.1 Å². The Balaban J connectivity index is 1.51. The molecule has 1 aliphatic heterocycles. The Morgan fingerprint density at radius 3 is 2.29 bits per heavy atom. The van der Waals surface area contributed by atoms with Crippen LogP contribution in [-0.2, 0) is 11.0 Å². The third-order valence-corrected chi connectivity index (χ3v) is 5.25. The van der Waals surface area contributed by atoms with Crippen molar-refractivity contribution in [2.24, 2.45) is 0 Å². The summed E-state index contributed by atoms with van der Waals surface area (Å²) >= 11 is 5.59. The summed E-state index contributed by atoms with van der Waals surface area (Å²) in [5.41, 5.74) is -0.428. The van der Waals surface area contributed by atoms with Gasteiger partial charge in [0.2, 0.25) is 5.91 Å². The SMILES string of the molecule is COc1ccc(C(=O)N2CCN(CC(=O)Nc3ccc(Cl)c(C(F)(F)F)c3)CC2)cc1. The van der Waals surface area contributed by atoms with Crippen molar-refractivity contribution in [3.05, 3.63) is 58.6 Å². The zero-order valence-electron chi connectivity index (χ0n) is 16.7. The van der Waals surface area contributed by atoms with Crippen molar-refractivity contribution in [3.63, 3.8) is 0 Å². The van der Waals surface area contributed by atoms with E-state index in [0.29, 0.717) is 37.5 Å². The molecule has 0 spiro atoms. The largest absolute Gasteiger partial charge is 0.497 e. The highest BCUT2D eigenvalue weighted by Crippen LogP contribution is 2.36. The van der Waals surface area contributed by atoms with E-state index in [-0.39, 0.29) is 18.1 Å². The number of amides is 2. The van der Waals surface area contributed by atoms with E-state index >= 15 is 0 Å². The number of ether oxygens (including phenoxy) is 1. The minimum Gasteiger partial charge on any atom is -0.497 e. The fourth-order valence-corrected chi connectivity index (χ4v) is 3.47. The second kappa shape index (κ2) is 9.57. The predicted molar refractivity (Wildman–Crippen MR) is 110 cm³/mol. The number of carbonyl (C=O) groups is 2. The van der Waals surface area contributed by atoms with Crippen LogP contribution >= 0.6 is 11.6 Å². The Bertz CT molecular complexity index is 943. The van der Waals surface area contributed by atoms with Gasteiger partial charge in [-0.15, -0.1) is 0 Å². The fourth-order valence-electron chi connectivity index (χ4n) is 3.25. The Morgan fingerprint density at radius 2 is 1.71 bits per heavy atom. The van der Waals surface area contributed by atoms with Crippen molar-refractivity contribution in [1.29, 1.82) is 0 Å². The maximum Gasteiger partial charge on any atom is 0.417 e. The van der Waals surface area contributed by atoms with Crippen LogP contribution in [0, 0.1) is 0 Å². The molecular weight excluding hydrogens is 435 g/mol. The molecule has 1 fully saturated rings. The van der Waals surface area contributed by atoms with Crippen molar-refractivity contribution < 1.29 is 27.5 Å². The van der Waals surface area contributed by atoms with Gasteiger partial charge in [-0.25, -0.2) is 0 Å². The highest BCUT2D eigenvalue weighted by molar-refractivity contribution is 6.31. The van der Waals surface area contributed by atoms with Crippen molar-refractivity contribution in [2.45, 2.75) is 6.18 Å². The summed E-state index contributed by atoms with van der Waals surface area (Å²) in [7, 11) is 1.55. The van der Waals surface area contributed by atoms with Gasteiger partial charge in [-0.1, -0.05) is 11.6 Å². The molecule has 0 atom stereocenters. The van der Waals surface area contributed by atoms with E-state index in [1.807, 2.05) is 4.90 Å². The Hall–Kier alpha value is -2.78. The molecule has 0 saturated carbocycles. The van der Waals surface area contributed by atoms with E-state index in [4.69, 9.17) is 16.3 Å². The molecule has 2 amide bonds. The van der Waals surface area contributed by atoms with Gasteiger partial charge in [-0.05, 0) is 42.5 Å². The van der Waals surface area contributed by atoms with Gasteiger partial charge in [0.25, 0.3) is 5.91 Å². The van der Waals surface area contributed by atoms with Crippen LogP contribution in [-0.4, -0.2) is 61.4 Å². The molecule has 31 heavy (non-hydrogen) atoms. The molecule has 0 radical (unpaired) electrons. The number of benzene rings is 2. The van der Waals surface area contributed by atoms with Crippen LogP contribution in [0.15, 0.2) is 42.5 Å². The normalized spacial score (nSPS) is 14.9. The van der Waals surface area contributed by atoms with Crippen LogP contribution < -0.4 is 10.1 Å². The molecule has 0 bridgehead atoms. The summed E-state index contributed by atoms with van der Waals surface area (Å²) < 4.78 is 44.0. The number of rotatable bonds is 5. The van der Waals surface area contributed by atoms with Crippen LogP contribution in [0.3, 0.4) is 0 Å². The summed E-state index contributed by atoms with van der Waals surface area (Å²) in [6.45, 7) is 1.84. The number of carbonyl (C=O) groups excluding carboxylic acids is 2. The van der Waals surface area contributed by atoms with Gasteiger partial charge >= 0.3 is 6.18 Å². The average molecular weight is 456 g/mol.